The average molecular weight is 452 g/mol. The quantitative estimate of drug-likeness (QED) is 0.322. The summed E-state index contributed by atoms with van der Waals surface area (Å²) >= 11 is 11.5. The zero-order valence-electron chi connectivity index (χ0n) is 15.0. The molecule has 3 aromatic carbocycles. The molecule has 0 aliphatic rings. The summed E-state index contributed by atoms with van der Waals surface area (Å²) in [6.07, 6.45) is 0. The molecule has 0 fully saturated rings. The van der Waals surface area contributed by atoms with Gasteiger partial charge in [-0.25, -0.2) is 8.78 Å². The van der Waals surface area contributed by atoms with Gasteiger partial charge in [-0.1, -0.05) is 51.7 Å². The topological polar surface area (TPSA) is 66.1 Å². The minimum Gasteiger partial charge on any atom is -0.591 e. The Hall–Kier alpha value is -2.48. The number of benzene rings is 3. The van der Waals surface area contributed by atoms with Crippen LogP contribution >= 0.6 is 31.2 Å². The van der Waals surface area contributed by atoms with Crippen LogP contribution in [0.15, 0.2) is 54.6 Å². The molecule has 8 heteroatoms. The fourth-order valence-corrected chi connectivity index (χ4v) is 3.19. The molecule has 3 rings (SSSR count). The lowest BCUT2D eigenvalue weighted by Crippen LogP contribution is -2.07. The summed E-state index contributed by atoms with van der Waals surface area (Å²) < 4.78 is 36.9. The lowest BCUT2D eigenvalue weighted by atomic mass is 10.1. The number of hydrogen-bond acceptors (Lipinski definition) is 3. The number of hydrogen-bond donors (Lipinski definition) is 1. The summed E-state index contributed by atoms with van der Waals surface area (Å²) in [6.45, 7) is 1.68. The fraction of sp³-hybridized carbons (Fsp3) is 0.0476. The third-order valence-electron chi connectivity index (χ3n) is 3.69. The monoisotopic (exact) mass is 451 g/mol. The standard InChI is InChI=1S/C14H8ClF2N.C7H6ClO2P/c15-11-3-1-2-9(6-11)4-5-10-7-12(16)14(18)13(17)8-10;1-5-6(8)3-2-4-7(5)11(9)10/h1-3,6-8H,18H2;2-4H,1H3. The van der Waals surface area contributed by atoms with Gasteiger partial charge in [0.25, 0.3) is 0 Å². The van der Waals surface area contributed by atoms with Crippen LogP contribution in [0, 0.1) is 30.4 Å². The predicted octanol–water partition coefficient (Wildman–Crippen LogP) is 4.98. The maximum atomic E-state index is 13.2. The third-order valence-corrected chi connectivity index (χ3v) is 5.21. The van der Waals surface area contributed by atoms with Gasteiger partial charge in [0.1, 0.15) is 17.3 Å². The van der Waals surface area contributed by atoms with E-state index in [-0.39, 0.29) is 5.56 Å². The highest BCUT2D eigenvalue weighted by Crippen LogP contribution is 2.19. The minimum atomic E-state index is -2.52. The summed E-state index contributed by atoms with van der Waals surface area (Å²) in [7, 11) is -2.52. The van der Waals surface area contributed by atoms with Crippen LogP contribution in [0.1, 0.15) is 16.7 Å². The molecule has 1 unspecified atom stereocenters. The Kier molecular flexibility index (Phi) is 8.13. The van der Waals surface area contributed by atoms with Crippen molar-refractivity contribution in [2.75, 3.05) is 5.73 Å². The second-order valence-corrected chi connectivity index (χ2v) is 7.59. The summed E-state index contributed by atoms with van der Waals surface area (Å²) in [5, 5.41) is 1.34. The van der Waals surface area contributed by atoms with E-state index in [0.717, 1.165) is 12.1 Å². The number of nitrogens with two attached hydrogens (primary N) is 1. The molecule has 2 N–H and O–H groups in total. The van der Waals surface area contributed by atoms with Crippen LogP contribution in [0.25, 0.3) is 0 Å². The molecule has 29 heavy (non-hydrogen) atoms. The van der Waals surface area contributed by atoms with Crippen LogP contribution < -0.4 is 15.9 Å². The fourth-order valence-electron chi connectivity index (χ4n) is 2.16. The van der Waals surface area contributed by atoms with E-state index in [0.29, 0.717) is 26.5 Å². The molecule has 0 aliphatic heterocycles. The molecule has 0 aromatic heterocycles. The number of rotatable bonds is 1. The number of halogens is 4. The van der Waals surface area contributed by atoms with E-state index < -0.39 is 25.3 Å². The Bertz CT molecular complexity index is 1100. The van der Waals surface area contributed by atoms with Crippen molar-refractivity contribution in [2.45, 2.75) is 6.92 Å². The highest BCUT2D eigenvalue weighted by Gasteiger charge is 2.12. The molecule has 0 amide bonds. The van der Waals surface area contributed by atoms with E-state index in [2.05, 4.69) is 11.8 Å². The van der Waals surface area contributed by atoms with Crippen molar-refractivity contribution in [3.8, 4) is 11.8 Å². The Morgan fingerprint density at radius 3 is 2.10 bits per heavy atom. The smallest absolute Gasteiger partial charge is 0.349 e. The molecular weight excluding hydrogens is 438 g/mol. The van der Waals surface area contributed by atoms with Crippen molar-refractivity contribution in [3.63, 3.8) is 0 Å². The highest BCUT2D eigenvalue weighted by atomic mass is 35.5. The number of anilines is 1. The Morgan fingerprint density at radius 1 is 0.966 bits per heavy atom. The lowest BCUT2D eigenvalue weighted by molar-refractivity contribution is -0.160. The second-order valence-electron chi connectivity index (χ2n) is 5.75. The van der Waals surface area contributed by atoms with E-state index in [9.17, 15) is 18.2 Å². The van der Waals surface area contributed by atoms with Crippen LogP contribution in [0.3, 0.4) is 0 Å². The van der Waals surface area contributed by atoms with E-state index in [1.807, 2.05) is 0 Å². The molecule has 0 radical (unpaired) electrons. The Morgan fingerprint density at radius 2 is 1.55 bits per heavy atom. The number of nitrogen functional groups attached to an aromatic ring is 1. The molecule has 1 atom stereocenters. The van der Waals surface area contributed by atoms with Gasteiger partial charge in [0.15, 0.2) is 5.30 Å². The predicted molar refractivity (Wildman–Crippen MR) is 112 cm³/mol. The van der Waals surface area contributed by atoms with Crippen molar-refractivity contribution < 1.29 is 18.2 Å². The average Bonchev–Trinajstić information content (AvgIpc) is 2.67. The SMILES string of the molecule is Cc1c(Cl)cccc1[P+](=O)[O-].Nc1c(F)cc(C#Cc2cccc(Cl)c2)cc1F. The molecule has 3 nitrogen and oxygen atoms in total. The van der Waals surface area contributed by atoms with Gasteiger partial charge in [0, 0.05) is 26.7 Å². The van der Waals surface area contributed by atoms with Gasteiger partial charge in [0.2, 0.25) is 0 Å². The Balaban J connectivity index is 0.000000234. The Labute approximate surface area is 178 Å². The molecule has 148 valence electrons. The van der Waals surface area contributed by atoms with Gasteiger partial charge >= 0.3 is 8.03 Å². The second kappa shape index (κ2) is 10.3. The first-order chi connectivity index (χ1) is 13.7. The van der Waals surface area contributed by atoms with Crippen LogP contribution in [0.5, 0.6) is 0 Å². The first-order valence-electron chi connectivity index (χ1n) is 8.10. The molecule has 0 saturated heterocycles. The highest BCUT2D eigenvalue weighted by molar-refractivity contribution is 7.46. The van der Waals surface area contributed by atoms with Crippen LogP contribution in [0.4, 0.5) is 14.5 Å². The van der Waals surface area contributed by atoms with Gasteiger partial charge < -0.3 is 10.6 Å². The van der Waals surface area contributed by atoms with Crippen molar-refractivity contribution in [1.82, 2.24) is 0 Å². The third kappa shape index (κ3) is 6.52. The summed E-state index contributed by atoms with van der Waals surface area (Å²) in [5.41, 5.74) is 6.17. The van der Waals surface area contributed by atoms with E-state index in [4.69, 9.17) is 28.9 Å². The van der Waals surface area contributed by atoms with E-state index in [1.54, 1.807) is 43.3 Å². The van der Waals surface area contributed by atoms with Crippen molar-refractivity contribution in [1.29, 1.82) is 0 Å². The van der Waals surface area contributed by atoms with E-state index in [1.165, 1.54) is 6.07 Å². The zero-order chi connectivity index (χ0) is 21.6. The molecule has 0 aliphatic carbocycles. The van der Waals surface area contributed by atoms with Gasteiger partial charge in [-0.3, -0.25) is 0 Å². The normalized spacial score (nSPS) is 10.3. The van der Waals surface area contributed by atoms with Crippen molar-refractivity contribution >= 4 is 42.2 Å². The maximum Gasteiger partial charge on any atom is 0.349 e. The van der Waals surface area contributed by atoms with Crippen molar-refractivity contribution in [2.24, 2.45) is 0 Å². The molecule has 3 aromatic rings. The molecule has 0 bridgehead atoms. The zero-order valence-corrected chi connectivity index (χ0v) is 17.5. The maximum absolute atomic E-state index is 13.2. The first-order valence-corrected chi connectivity index (χ1v) is 10.0. The lowest BCUT2D eigenvalue weighted by Gasteiger charge is -1.98. The van der Waals surface area contributed by atoms with Crippen LogP contribution in [0.2, 0.25) is 10.0 Å². The van der Waals surface area contributed by atoms with Gasteiger partial charge in [0.05, 0.1) is 0 Å². The van der Waals surface area contributed by atoms with Crippen LogP contribution in [-0.2, 0) is 4.57 Å². The summed E-state index contributed by atoms with van der Waals surface area (Å²) in [6, 6.07) is 13.9. The van der Waals surface area contributed by atoms with Gasteiger partial charge in [-0.2, -0.15) is 0 Å². The summed E-state index contributed by atoms with van der Waals surface area (Å²) in [5.74, 6) is 3.79. The first kappa shape index (κ1) is 22.8. The van der Waals surface area contributed by atoms with Gasteiger partial charge in [-0.15, -0.1) is 0 Å². The van der Waals surface area contributed by atoms with E-state index >= 15 is 0 Å². The largest absolute Gasteiger partial charge is 0.591 e. The molecule has 0 saturated carbocycles. The molecule has 0 spiro atoms. The van der Waals surface area contributed by atoms with Crippen molar-refractivity contribution in [3.05, 3.63) is 93.0 Å². The summed E-state index contributed by atoms with van der Waals surface area (Å²) in [4.78, 5) is 10.6. The minimum absolute atomic E-state index is 0.221. The molecular formula is C21H14Cl2F2NO2P. The molecule has 0 heterocycles. The van der Waals surface area contributed by atoms with Gasteiger partial charge in [-0.05, 0) is 49.4 Å². The van der Waals surface area contributed by atoms with Crippen LogP contribution in [-0.4, -0.2) is 0 Å².